The summed E-state index contributed by atoms with van der Waals surface area (Å²) in [6.45, 7) is 5.76. The second-order valence-electron chi connectivity index (χ2n) is 7.62. The molecule has 5 rings (SSSR count). The second kappa shape index (κ2) is 9.54. The molecular weight excluding hydrogens is 424 g/mol. The van der Waals surface area contributed by atoms with Crippen LogP contribution in [0.25, 0.3) is 11.4 Å². The normalized spacial score (nSPS) is 14.1. The van der Waals surface area contributed by atoms with Crippen molar-refractivity contribution in [2.24, 2.45) is 0 Å². The molecule has 0 bridgehead atoms. The molecule has 32 heavy (non-hydrogen) atoms. The van der Waals surface area contributed by atoms with Gasteiger partial charge in [0.25, 0.3) is 0 Å². The number of anilines is 1. The third-order valence-electron chi connectivity index (χ3n) is 5.28. The third-order valence-corrected chi connectivity index (χ3v) is 6.23. The topological polar surface area (TPSA) is 82.1 Å². The molecule has 1 aliphatic rings. The number of nitrogens with zero attached hydrogens (tertiary/aromatic N) is 6. The molecule has 4 aromatic rings. The Morgan fingerprint density at radius 3 is 2.53 bits per heavy atom. The highest BCUT2D eigenvalue weighted by Crippen LogP contribution is 2.27. The minimum Gasteiger partial charge on any atom is -0.378 e. The highest BCUT2D eigenvalue weighted by atomic mass is 32.2. The Balaban J connectivity index is 1.35. The zero-order chi connectivity index (χ0) is 21.8. The summed E-state index contributed by atoms with van der Waals surface area (Å²) in [5.41, 5.74) is 3.34. The van der Waals surface area contributed by atoms with Crippen molar-refractivity contribution in [2.45, 2.75) is 24.4 Å². The van der Waals surface area contributed by atoms with Gasteiger partial charge in [0.2, 0.25) is 17.7 Å². The molecule has 2 aromatic heterocycles. The van der Waals surface area contributed by atoms with E-state index in [9.17, 15) is 0 Å². The van der Waals surface area contributed by atoms with Gasteiger partial charge in [0.05, 0.1) is 25.5 Å². The van der Waals surface area contributed by atoms with Gasteiger partial charge in [0.15, 0.2) is 5.16 Å². The summed E-state index contributed by atoms with van der Waals surface area (Å²) in [7, 11) is 0. The van der Waals surface area contributed by atoms with Crippen LogP contribution < -0.4 is 4.90 Å². The average Bonchev–Trinajstić information content (AvgIpc) is 3.47. The lowest BCUT2D eigenvalue weighted by Crippen LogP contribution is -2.38. The molecule has 3 heterocycles. The molecule has 164 valence electrons. The number of thioether (sulfide) groups is 1. The van der Waals surface area contributed by atoms with Gasteiger partial charge in [-0.3, -0.25) is 4.57 Å². The molecule has 0 amide bonds. The van der Waals surface area contributed by atoms with E-state index >= 15 is 0 Å². The Bertz CT molecular complexity index is 1150. The maximum absolute atomic E-state index is 5.50. The third kappa shape index (κ3) is 4.68. The summed E-state index contributed by atoms with van der Waals surface area (Å²) in [6, 6.07) is 18.4. The van der Waals surface area contributed by atoms with Crippen LogP contribution in [0.4, 0.5) is 5.95 Å². The molecule has 1 saturated heterocycles. The zero-order valence-electron chi connectivity index (χ0n) is 17.8. The fourth-order valence-corrected chi connectivity index (χ4v) is 4.32. The molecular formula is C23H24N6O2S. The van der Waals surface area contributed by atoms with E-state index < -0.39 is 0 Å². The minimum absolute atomic E-state index is 0.523. The maximum Gasteiger partial charge on any atom is 0.237 e. The van der Waals surface area contributed by atoms with Crippen LogP contribution >= 0.6 is 11.8 Å². The predicted octanol–water partition coefficient (Wildman–Crippen LogP) is 3.81. The minimum atomic E-state index is 0.523. The summed E-state index contributed by atoms with van der Waals surface area (Å²) < 4.78 is 13.1. The quantitative estimate of drug-likeness (QED) is 0.395. The Kier molecular flexibility index (Phi) is 6.17. The van der Waals surface area contributed by atoms with Gasteiger partial charge in [-0.15, -0.1) is 10.2 Å². The van der Waals surface area contributed by atoms with E-state index in [1.165, 1.54) is 11.1 Å². The number of aryl methyl sites for hydroxylation is 1. The molecule has 8 nitrogen and oxygen atoms in total. The first-order chi connectivity index (χ1) is 15.8. The van der Waals surface area contributed by atoms with E-state index in [4.69, 9.17) is 9.26 Å². The van der Waals surface area contributed by atoms with Gasteiger partial charge in [0.1, 0.15) is 0 Å². The molecule has 0 saturated carbocycles. The van der Waals surface area contributed by atoms with Crippen molar-refractivity contribution in [3.63, 3.8) is 0 Å². The number of hydrogen-bond donors (Lipinski definition) is 0. The van der Waals surface area contributed by atoms with Crippen molar-refractivity contribution < 1.29 is 9.26 Å². The first kappa shape index (κ1) is 20.7. The summed E-state index contributed by atoms with van der Waals surface area (Å²) >= 11 is 1.55. The average molecular weight is 449 g/mol. The first-order valence-electron chi connectivity index (χ1n) is 10.6. The van der Waals surface area contributed by atoms with Crippen molar-refractivity contribution in [3.05, 3.63) is 71.6 Å². The number of morpholine rings is 1. The largest absolute Gasteiger partial charge is 0.378 e. The molecule has 0 aliphatic carbocycles. The first-order valence-corrected chi connectivity index (χ1v) is 11.6. The monoisotopic (exact) mass is 448 g/mol. The van der Waals surface area contributed by atoms with E-state index in [0.29, 0.717) is 37.2 Å². The molecule has 1 aliphatic heterocycles. The maximum atomic E-state index is 5.50. The fraction of sp³-hybridized carbons (Fsp3) is 0.304. The highest BCUT2D eigenvalue weighted by molar-refractivity contribution is 7.98. The van der Waals surface area contributed by atoms with Gasteiger partial charge in [-0.1, -0.05) is 77.1 Å². The van der Waals surface area contributed by atoms with Crippen LogP contribution in [0.15, 0.2) is 64.3 Å². The van der Waals surface area contributed by atoms with E-state index in [-0.39, 0.29) is 0 Å². The second-order valence-corrected chi connectivity index (χ2v) is 8.56. The van der Waals surface area contributed by atoms with Crippen molar-refractivity contribution >= 4 is 17.7 Å². The number of benzene rings is 2. The van der Waals surface area contributed by atoms with Crippen molar-refractivity contribution in [2.75, 3.05) is 31.2 Å². The fourth-order valence-electron chi connectivity index (χ4n) is 3.55. The Morgan fingerprint density at radius 2 is 1.75 bits per heavy atom. The van der Waals surface area contributed by atoms with E-state index in [0.717, 1.165) is 29.8 Å². The highest BCUT2D eigenvalue weighted by Gasteiger charge is 2.21. The van der Waals surface area contributed by atoms with Crippen molar-refractivity contribution in [3.8, 4) is 11.4 Å². The van der Waals surface area contributed by atoms with Crippen molar-refractivity contribution in [1.82, 2.24) is 24.9 Å². The molecule has 2 aromatic carbocycles. The number of rotatable bonds is 7. The zero-order valence-corrected chi connectivity index (χ0v) is 18.7. The lowest BCUT2D eigenvalue weighted by atomic mass is 10.1. The molecule has 1 fully saturated rings. The Labute approximate surface area is 190 Å². The smallest absolute Gasteiger partial charge is 0.237 e. The molecule has 0 atom stereocenters. The SMILES string of the molecule is Cc1ccc(-c2noc(CSc3nnc(N4CCOCC4)n3Cc3ccccc3)n2)cc1. The summed E-state index contributed by atoms with van der Waals surface area (Å²) in [4.78, 5) is 6.78. The molecule has 0 unspecified atom stereocenters. The van der Waals surface area contributed by atoms with E-state index in [2.05, 4.69) is 48.9 Å². The summed E-state index contributed by atoms with van der Waals surface area (Å²) in [6.07, 6.45) is 0. The molecule has 0 N–H and O–H groups in total. The van der Waals surface area contributed by atoms with Gasteiger partial charge in [0, 0.05) is 18.7 Å². The lowest BCUT2D eigenvalue weighted by Gasteiger charge is -2.28. The Hall–Kier alpha value is -3.17. The van der Waals surface area contributed by atoms with Crippen LogP contribution in [0.1, 0.15) is 17.0 Å². The van der Waals surface area contributed by atoms with E-state index in [1.807, 2.05) is 42.5 Å². The molecule has 9 heteroatoms. The van der Waals surface area contributed by atoms with Crippen LogP contribution in [0.3, 0.4) is 0 Å². The lowest BCUT2D eigenvalue weighted by molar-refractivity contribution is 0.121. The molecule has 0 radical (unpaired) electrons. The number of hydrogen-bond acceptors (Lipinski definition) is 8. The van der Waals surface area contributed by atoms with Gasteiger partial charge >= 0.3 is 0 Å². The molecule has 0 spiro atoms. The summed E-state index contributed by atoms with van der Waals surface area (Å²) in [5.74, 6) is 2.55. The van der Waals surface area contributed by atoms with Gasteiger partial charge in [-0.05, 0) is 12.5 Å². The van der Waals surface area contributed by atoms with Crippen LogP contribution in [0.2, 0.25) is 0 Å². The predicted molar refractivity (Wildman–Crippen MR) is 123 cm³/mol. The van der Waals surface area contributed by atoms with Crippen LogP contribution in [-0.2, 0) is 17.0 Å². The standard InChI is InChI=1S/C23H24N6O2S/c1-17-7-9-19(10-8-17)21-24-20(31-27-21)16-32-23-26-25-22(28-11-13-30-14-12-28)29(23)15-18-5-3-2-4-6-18/h2-10H,11-16H2,1H3. The van der Waals surface area contributed by atoms with Crippen LogP contribution in [0.5, 0.6) is 0 Å². The van der Waals surface area contributed by atoms with Gasteiger partial charge < -0.3 is 14.2 Å². The van der Waals surface area contributed by atoms with Gasteiger partial charge in [-0.25, -0.2) is 0 Å². The number of aromatic nitrogens is 5. The van der Waals surface area contributed by atoms with Gasteiger partial charge in [-0.2, -0.15) is 4.98 Å². The van der Waals surface area contributed by atoms with Crippen LogP contribution in [-0.4, -0.2) is 51.2 Å². The summed E-state index contributed by atoms with van der Waals surface area (Å²) in [5, 5.41) is 13.9. The van der Waals surface area contributed by atoms with E-state index in [1.54, 1.807) is 11.8 Å². The van der Waals surface area contributed by atoms with Crippen LogP contribution in [0, 0.1) is 6.92 Å². The van der Waals surface area contributed by atoms with Crippen molar-refractivity contribution in [1.29, 1.82) is 0 Å². The number of ether oxygens (including phenoxy) is 1. The Morgan fingerprint density at radius 1 is 0.969 bits per heavy atom.